The van der Waals surface area contributed by atoms with Gasteiger partial charge in [-0.05, 0) is 117 Å². The van der Waals surface area contributed by atoms with Gasteiger partial charge in [0.15, 0.2) is 0 Å². The van der Waals surface area contributed by atoms with Crippen LogP contribution in [0.4, 0.5) is 0 Å². The van der Waals surface area contributed by atoms with E-state index in [2.05, 4.69) is 32.2 Å². The highest BCUT2D eigenvalue weighted by atomic mass is 35.5. The fraction of sp³-hybridized carbons (Fsp3) is 0.892. The molecule has 0 bridgehead atoms. The highest BCUT2D eigenvalue weighted by Crippen LogP contribution is 2.67. The van der Waals surface area contributed by atoms with Crippen molar-refractivity contribution in [2.24, 2.45) is 58.0 Å². The number of nitrogens with two attached hydrogens (primary N) is 1. The van der Waals surface area contributed by atoms with Crippen LogP contribution >= 0.6 is 12.4 Å². The summed E-state index contributed by atoms with van der Waals surface area (Å²) < 4.78 is 6.11. The molecular formula is C37H65ClN2O4. The molecule has 4 N–H and O–H groups in total. The summed E-state index contributed by atoms with van der Waals surface area (Å²) in [5, 5.41) is 13.1. The number of nitrogens with one attached hydrogen (secondary N) is 1. The summed E-state index contributed by atoms with van der Waals surface area (Å²) in [6.07, 6.45) is 14.9. The van der Waals surface area contributed by atoms with Crippen LogP contribution in [0.15, 0.2) is 11.6 Å². The molecule has 4 aliphatic rings. The number of fused-ring (bicyclic) bond motifs is 5. The van der Waals surface area contributed by atoms with Gasteiger partial charge in [-0.25, -0.2) is 4.79 Å². The van der Waals surface area contributed by atoms with Crippen molar-refractivity contribution in [3.05, 3.63) is 11.6 Å². The minimum absolute atomic E-state index is 0. The highest BCUT2D eigenvalue weighted by Gasteiger charge is 2.59. The molecule has 3 unspecified atom stereocenters. The van der Waals surface area contributed by atoms with Gasteiger partial charge in [0.25, 0.3) is 0 Å². The van der Waals surface area contributed by atoms with Gasteiger partial charge in [-0.15, -0.1) is 12.4 Å². The lowest BCUT2D eigenvalue weighted by Gasteiger charge is -2.58. The number of rotatable bonds is 11. The second kappa shape index (κ2) is 14.3. The molecule has 6 nitrogen and oxygen atoms in total. The van der Waals surface area contributed by atoms with E-state index >= 15 is 0 Å². The van der Waals surface area contributed by atoms with Crippen molar-refractivity contribution in [1.29, 1.82) is 0 Å². The van der Waals surface area contributed by atoms with Crippen molar-refractivity contribution in [1.82, 2.24) is 5.32 Å². The first-order valence-corrected chi connectivity index (χ1v) is 17.7. The number of allylic oxidation sites excluding steroid dienone is 1. The van der Waals surface area contributed by atoms with E-state index in [0.717, 1.165) is 56.3 Å². The molecule has 0 saturated heterocycles. The average Bonchev–Trinajstić information content (AvgIpc) is 3.27. The Kier molecular flexibility index (Phi) is 12.2. The lowest BCUT2D eigenvalue weighted by molar-refractivity contribution is -0.156. The van der Waals surface area contributed by atoms with Gasteiger partial charge in [0, 0.05) is 6.42 Å². The Bertz CT molecular complexity index is 1040. The summed E-state index contributed by atoms with van der Waals surface area (Å²) in [6, 6.07) is -1.32. The zero-order chi connectivity index (χ0) is 31.9. The van der Waals surface area contributed by atoms with Gasteiger partial charge < -0.3 is 20.9 Å². The summed E-state index contributed by atoms with van der Waals surface area (Å²) in [5.41, 5.74) is 7.61. The number of hydrogen-bond acceptors (Lipinski definition) is 5. The van der Waals surface area contributed by atoms with Crippen LogP contribution in [0.1, 0.15) is 133 Å². The van der Waals surface area contributed by atoms with E-state index in [1.165, 1.54) is 37.7 Å². The first-order valence-electron chi connectivity index (χ1n) is 17.7. The van der Waals surface area contributed by atoms with E-state index in [4.69, 9.17) is 10.5 Å². The zero-order valence-corrected chi connectivity index (χ0v) is 30.1. The molecule has 0 aromatic heterocycles. The van der Waals surface area contributed by atoms with Crippen LogP contribution in [0, 0.1) is 52.3 Å². The van der Waals surface area contributed by atoms with E-state index < -0.39 is 17.7 Å². The molecule has 0 aliphatic heterocycles. The Labute approximate surface area is 274 Å². The van der Waals surface area contributed by atoms with Gasteiger partial charge in [-0.1, -0.05) is 73.0 Å². The lowest BCUT2D eigenvalue weighted by atomic mass is 9.47. The summed E-state index contributed by atoms with van der Waals surface area (Å²) >= 11 is 0. The van der Waals surface area contributed by atoms with E-state index in [1.807, 2.05) is 41.5 Å². The van der Waals surface area contributed by atoms with Gasteiger partial charge in [-0.2, -0.15) is 0 Å². The second-order valence-electron chi connectivity index (χ2n) is 17.0. The molecule has 0 spiro atoms. The molecule has 3 saturated carbocycles. The van der Waals surface area contributed by atoms with Crippen LogP contribution in [-0.2, 0) is 14.3 Å². The average molecular weight is 637 g/mol. The lowest BCUT2D eigenvalue weighted by Crippen LogP contribution is -2.53. The molecule has 7 heteroatoms. The predicted molar refractivity (Wildman–Crippen MR) is 181 cm³/mol. The monoisotopic (exact) mass is 636 g/mol. The molecule has 1 amide bonds. The van der Waals surface area contributed by atoms with Crippen LogP contribution in [-0.4, -0.2) is 40.8 Å². The molecule has 4 rings (SSSR count). The summed E-state index contributed by atoms with van der Waals surface area (Å²) in [6.45, 7) is 19.2. The van der Waals surface area contributed by atoms with Crippen molar-refractivity contribution >= 4 is 24.3 Å². The maximum absolute atomic E-state index is 13.3. The normalized spacial score (nSPS) is 35.4. The smallest absolute Gasteiger partial charge is 0.329 e. The Morgan fingerprint density at radius 3 is 2.34 bits per heavy atom. The molecule has 3 fully saturated rings. The number of carbonyl (C=O) groups is 2. The van der Waals surface area contributed by atoms with E-state index in [1.54, 1.807) is 0 Å². The third kappa shape index (κ3) is 7.71. The van der Waals surface area contributed by atoms with Gasteiger partial charge in [-0.3, -0.25) is 4.79 Å². The van der Waals surface area contributed by atoms with Crippen molar-refractivity contribution in [2.75, 3.05) is 0 Å². The fourth-order valence-corrected chi connectivity index (χ4v) is 10.0. The van der Waals surface area contributed by atoms with Gasteiger partial charge in [0.2, 0.25) is 5.91 Å². The summed E-state index contributed by atoms with van der Waals surface area (Å²) in [7, 11) is 0. The molecule has 0 heterocycles. The van der Waals surface area contributed by atoms with Crippen LogP contribution < -0.4 is 11.1 Å². The molecule has 0 aromatic rings. The molecule has 44 heavy (non-hydrogen) atoms. The number of halogens is 1. The standard InChI is InChI=1S/C37H64N2O4.ClH/c1-22(2)31(38)33(40)39-32(23(3)4)34(41)43-26-16-19-36(8)25(21-26)12-13-27-29-15-14-28(37(29,9)20-17-30(27)36)24(5)11-10-18-35(6,7)42;/h12,22-24,26-32,42H,10-11,13-21,38H2,1-9H3,(H,39,40);1H/t24?,26-,27-,28+,29-,30-,31?,32?,36-,37+;/m0./s1. The van der Waals surface area contributed by atoms with Crippen LogP contribution in [0.3, 0.4) is 0 Å². The van der Waals surface area contributed by atoms with E-state index in [9.17, 15) is 14.7 Å². The maximum Gasteiger partial charge on any atom is 0.329 e. The number of ether oxygens (including phenoxy) is 1. The van der Waals surface area contributed by atoms with Gasteiger partial charge in [0.05, 0.1) is 11.6 Å². The van der Waals surface area contributed by atoms with Crippen LogP contribution in [0.25, 0.3) is 0 Å². The minimum atomic E-state index is -0.681. The molecule has 10 atom stereocenters. The molecule has 254 valence electrons. The minimum Gasteiger partial charge on any atom is -0.461 e. The third-order valence-electron chi connectivity index (χ3n) is 12.8. The van der Waals surface area contributed by atoms with Crippen LogP contribution in [0.5, 0.6) is 0 Å². The fourth-order valence-electron chi connectivity index (χ4n) is 10.0. The number of carbonyl (C=O) groups excluding carboxylic acids is 2. The third-order valence-corrected chi connectivity index (χ3v) is 12.8. The highest BCUT2D eigenvalue weighted by molar-refractivity contribution is 5.87. The molecule has 4 aliphatic carbocycles. The van der Waals surface area contributed by atoms with E-state index in [0.29, 0.717) is 17.3 Å². The number of amides is 1. The Morgan fingerprint density at radius 1 is 1.05 bits per heavy atom. The van der Waals surface area contributed by atoms with Crippen molar-refractivity contribution in [3.63, 3.8) is 0 Å². The topological polar surface area (TPSA) is 102 Å². The SMILES string of the molecule is CC(C)C(N)C(=O)NC(C(=O)O[C@H]1CC[C@@]2(C)C(=CC[C@H]3[C@@H]4CC[C@H](C(C)CCCC(C)(C)O)[C@@]4(C)CC[C@@H]32)C1)C(C)C.Cl. The summed E-state index contributed by atoms with van der Waals surface area (Å²) in [5.74, 6) is 3.08. The number of aliphatic hydroxyl groups is 1. The largest absolute Gasteiger partial charge is 0.461 e. The van der Waals surface area contributed by atoms with Crippen molar-refractivity contribution in [2.45, 2.75) is 157 Å². The van der Waals surface area contributed by atoms with Crippen molar-refractivity contribution in [3.8, 4) is 0 Å². The molecular weight excluding hydrogens is 572 g/mol. The van der Waals surface area contributed by atoms with Gasteiger partial charge >= 0.3 is 5.97 Å². The van der Waals surface area contributed by atoms with Crippen molar-refractivity contribution < 1.29 is 19.4 Å². The molecule has 0 radical (unpaired) electrons. The Balaban J connectivity index is 0.00000529. The second-order valence-corrected chi connectivity index (χ2v) is 17.0. The predicted octanol–water partition coefficient (Wildman–Crippen LogP) is 7.60. The van der Waals surface area contributed by atoms with E-state index in [-0.39, 0.29) is 47.6 Å². The first kappa shape index (κ1) is 37.3. The maximum atomic E-state index is 13.3. The zero-order valence-electron chi connectivity index (χ0n) is 29.3. The number of esters is 1. The summed E-state index contributed by atoms with van der Waals surface area (Å²) in [4.78, 5) is 25.9. The van der Waals surface area contributed by atoms with Crippen LogP contribution in [0.2, 0.25) is 0 Å². The van der Waals surface area contributed by atoms with Gasteiger partial charge in [0.1, 0.15) is 12.1 Å². The Morgan fingerprint density at radius 2 is 1.73 bits per heavy atom. The number of hydrogen-bond donors (Lipinski definition) is 3. The first-order chi connectivity index (χ1) is 20.0. The quantitative estimate of drug-likeness (QED) is 0.160. The Hall–Kier alpha value is -1.11. The molecule has 0 aromatic carbocycles.